The van der Waals surface area contributed by atoms with Gasteiger partial charge in [0.15, 0.2) is 6.04 Å². The fourth-order valence-electron chi connectivity index (χ4n) is 1.81. The Labute approximate surface area is 93.5 Å². The van der Waals surface area contributed by atoms with Crippen molar-refractivity contribution in [2.75, 3.05) is 0 Å². The third-order valence-electron chi connectivity index (χ3n) is 2.74. The van der Waals surface area contributed by atoms with E-state index in [0.29, 0.717) is 12.0 Å². The zero-order valence-corrected chi connectivity index (χ0v) is 8.74. The Balaban J connectivity index is 2.29. The predicted octanol–water partition coefficient (Wildman–Crippen LogP) is 1.43. The first-order chi connectivity index (χ1) is 7.74. The number of carbonyl (C=O) groups excluding carboxylic acids is 1. The van der Waals surface area contributed by atoms with Crippen LogP contribution in [0.15, 0.2) is 30.3 Å². The maximum absolute atomic E-state index is 11.2. The molecule has 16 heavy (non-hydrogen) atoms. The van der Waals surface area contributed by atoms with Crippen molar-refractivity contribution in [2.24, 2.45) is 0 Å². The molecule has 0 radical (unpaired) electrons. The summed E-state index contributed by atoms with van der Waals surface area (Å²) in [6.07, 6.45) is 2.44. The van der Waals surface area contributed by atoms with Crippen LogP contribution in [0.3, 0.4) is 0 Å². The highest BCUT2D eigenvalue weighted by Gasteiger charge is 2.37. The molecule has 0 heterocycles. The molecule has 0 aromatic heterocycles. The second-order valence-corrected chi connectivity index (χ2v) is 3.94. The van der Waals surface area contributed by atoms with Gasteiger partial charge in [-0.3, -0.25) is 4.79 Å². The molecule has 1 atom stereocenters. The van der Waals surface area contributed by atoms with E-state index in [1.165, 1.54) is 4.90 Å². The molecule has 1 aliphatic rings. The fourth-order valence-corrected chi connectivity index (χ4v) is 1.81. The highest BCUT2D eigenvalue weighted by molar-refractivity contribution is 5.78. The topological polar surface area (TPSA) is 57.6 Å². The van der Waals surface area contributed by atoms with Crippen molar-refractivity contribution in [2.45, 2.75) is 24.9 Å². The van der Waals surface area contributed by atoms with Crippen molar-refractivity contribution in [1.29, 1.82) is 0 Å². The van der Waals surface area contributed by atoms with Crippen LogP contribution in [0.4, 0.5) is 0 Å². The first kappa shape index (κ1) is 10.7. The van der Waals surface area contributed by atoms with E-state index >= 15 is 0 Å². The molecular weight excluding hydrogens is 206 g/mol. The molecule has 0 spiro atoms. The lowest BCUT2D eigenvalue weighted by Crippen LogP contribution is -2.34. The van der Waals surface area contributed by atoms with Gasteiger partial charge in [0.2, 0.25) is 6.41 Å². The lowest BCUT2D eigenvalue weighted by molar-refractivity contribution is -0.147. The zero-order valence-electron chi connectivity index (χ0n) is 8.74. The summed E-state index contributed by atoms with van der Waals surface area (Å²) in [6.45, 7) is 0. The van der Waals surface area contributed by atoms with Gasteiger partial charge >= 0.3 is 5.97 Å². The Hall–Kier alpha value is -1.84. The van der Waals surface area contributed by atoms with Crippen molar-refractivity contribution in [3.8, 4) is 0 Å². The second-order valence-electron chi connectivity index (χ2n) is 3.94. The van der Waals surface area contributed by atoms with Gasteiger partial charge in [-0.15, -0.1) is 0 Å². The van der Waals surface area contributed by atoms with Gasteiger partial charge in [0.25, 0.3) is 0 Å². The molecule has 1 unspecified atom stereocenters. The molecule has 1 aromatic carbocycles. The Kier molecular flexibility index (Phi) is 2.90. The lowest BCUT2D eigenvalue weighted by Gasteiger charge is -2.25. The number of nitrogens with zero attached hydrogens (tertiary/aromatic N) is 1. The molecule has 2 rings (SSSR count). The van der Waals surface area contributed by atoms with Crippen molar-refractivity contribution < 1.29 is 14.7 Å². The highest BCUT2D eigenvalue weighted by Crippen LogP contribution is 2.33. The molecule has 0 saturated heterocycles. The van der Waals surface area contributed by atoms with Crippen LogP contribution in [0.25, 0.3) is 0 Å². The highest BCUT2D eigenvalue weighted by atomic mass is 16.4. The molecule has 4 nitrogen and oxygen atoms in total. The molecule has 1 amide bonds. The summed E-state index contributed by atoms with van der Waals surface area (Å²) in [6, 6.07) is 8.09. The largest absolute Gasteiger partial charge is 0.479 e. The molecule has 84 valence electrons. The van der Waals surface area contributed by atoms with E-state index < -0.39 is 12.0 Å². The first-order valence-electron chi connectivity index (χ1n) is 5.24. The Morgan fingerprint density at radius 3 is 2.44 bits per heavy atom. The maximum Gasteiger partial charge on any atom is 0.331 e. The SMILES string of the molecule is O=CN(C1CC1)C(C(=O)O)c1ccccc1. The fraction of sp³-hybridized carbons (Fsp3) is 0.333. The summed E-state index contributed by atoms with van der Waals surface area (Å²) in [5.41, 5.74) is 0.647. The molecule has 1 aliphatic carbocycles. The molecule has 1 N–H and O–H groups in total. The molecule has 1 saturated carbocycles. The number of benzene rings is 1. The second kappa shape index (κ2) is 4.35. The van der Waals surface area contributed by atoms with Crippen LogP contribution < -0.4 is 0 Å². The van der Waals surface area contributed by atoms with Crippen molar-refractivity contribution in [3.63, 3.8) is 0 Å². The van der Waals surface area contributed by atoms with E-state index in [4.69, 9.17) is 0 Å². The normalized spacial score (nSPS) is 16.5. The number of aliphatic carboxylic acids is 1. The van der Waals surface area contributed by atoms with Crippen molar-refractivity contribution in [1.82, 2.24) is 4.90 Å². The first-order valence-corrected chi connectivity index (χ1v) is 5.24. The van der Waals surface area contributed by atoms with Gasteiger partial charge in [-0.25, -0.2) is 4.79 Å². The predicted molar refractivity (Wildman–Crippen MR) is 57.7 cm³/mol. The summed E-state index contributed by atoms with van der Waals surface area (Å²) in [5, 5.41) is 9.20. The van der Waals surface area contributed by atoms with Gasteiger partial charge in [0.05, 0.1) is 0 Å². The van der Waals surface area contributed by atoms with E-state index in [2.05, 4.69) is 0 Å². The molecule has 0 aliphatic heterocycles. The molecule has 0 bridgehead atoms. The van der Waals surface area contributed by atoms with Gasteiger partial charge in [-0.2, -0.15) is 0 Å². The average Bonchev–Trinajstić information content (AvgIpc) is 3.10. The number of carboxylic acid groups (broad SMARTS) is 1. The van der Waals surface area contributed by atoms with Gasteiger partial charge in [-0.1, -0.05) is 30.3 Å². The minimum absolute atomic E-state index is 0.0961. The van der Waals surface area contributed by atoms with Crippen molar-refractivity contribution >= 4 is 12.4 Å². The van der Waals surface area contributed by atoms with Gasteiger partial charge in [-0.05, 0) is 18.4 Å². The number of amides is 1. The van der Waals surface area contributed by atoms with Crippen LogP contribution in [0, 0.1) is 0 Å². The quantitative estimate of drug-likeness (QED) is 0.762. The number of hydrogen-bond donors (Lipinski definition) is 1. The molecule has 1 fully saturated rings. The maximum atomic E-state index is 11.2. The van der Waals surface area contributed by atoms with Gasteiger partial charge in [0, 0.05) is 6.04 Å². The van der Waals surface area contributed by atoms with Crippen LogP contribution in [0.2, 0.25) is 0 Å². The monoisotopic (exact) mass is 219 g/mol. The zero-order chi connectivity index (χ0) is 11.5. The standard InChI is InChI=1S/C12H13NO3/c14-8-13(10-6-7-10)11(12(15)16)9-4-2-1-3-5-9/h1-5,8,10-11H,6-7H2,(H,15,16). The smallest absolute Gasteiger partial charge is 0.331 e. The van der Waals surface area contributed by atoms with Crippen LogP contribution in [0.5, 0.6) is 0 Å². The Bertz CT molecular complexity index is 387. The lowest BCUT2D eigenvalue weighted by atomic mass is 10.1. The number of hydrogen-bond acceptors (Lipinski definition) is 2. The van der Waals surface area contributed by atoms with Crippen LogP contribution >= 0.6 is 0 Å². The van der Waals surface area contributed by atoms with Gasteiger partial charge in [0.1, 0.15) is 0 Å². The molecule has 1 aromatic rings. The number of carbonyl (C=O) groups is 2. The van der Waals surface area contributed by atoms with E-state index in [0.717, 1.165) is 12.8 Å². The molecular formula is C12H13NO3. The summed E-state index contributed by atoms with van der Waals surface area (Å²) in [5.74, 6) is -0.981. The number of rotatable bonds is 5. The van der Waals surface area contributed by atoms with E-state index in [9.17, 15) is 14.7 Å². The summed E-state index contributed by atoms with van der Waals surface area (Å²) in [4.78, 5) is 23.6. The minimum atomic E-state index is -0.981. The van der Waals surface area contributed by atoms with Crippen LogP contribution in [-0.2, 0) is 9.59 Å². The Morgan fingerprint density at radius 2 is 2.00 bits per heavy atom. The third-order valence-corrected chi connectivity index (χ3v) is 2.74. The van der Waals surface area contributed by atoms with E-state index in [1.54, 1.807) is 24.3 Å². The summed E-state index contributed by atoms with van der Waals surface area (Å²) >= 11 is 0. The van der Waals surface area contributed by atoms with E-state index in [1.807, 2.05) is 6.07 Å². The summed E-state index contributed by atoms with van der Waals surface area (Å²) in [7, 11) is 0. The van der Waals surface area contributed by atoms with Crippen LogP contribution in [-0.4, -0.2) is 28.4 Å². The molecule has 4 heteroatoms. The Morgan fingerprint density at radius 1 is 1.38 bits per heavy atom. The minimum Gasteiger partial charge on any atom is -0.479 e. The van der Waals surface area contributed by atoms with Gasteiger partial charge < -0.3 is 10.0 Å². The summed E-state index contributed by atoms with van der Waals surface area (Å²) < 4.78 is 0. The van der Waals surface area contributed by atoms with Crippen molar-refractivity contribution in [3.05, 3.63) is 35.9 Å². The third kappa shape index (κ3) is 2.05. The average molecular weight is 219 g/mol. The van der Waals surface area contributed by atoms with Crippen LogP contribution in [0.1, 0.15) is 24.4 Å². The number of carboxylic acids is 1. The van der Waals surface area contributed by atoms with E-state index in [-0.39, 0.29) is 6.04 Å².